The summed E-state index contributed by atoms with van der Waals surface area (Å²) >= 11 is 0. The van der Waals surface area contributed by atoms with Crippen molar-refractivity contribution in [1.82, 2.24) is 20.1 Å². The summed E-state index contributed by atoms with van der Waals surface area (Å²) in [5.74, 6) is 0.233. The number of benzene rings is 3. The summed E-state index contributed by atoms with van der Waals surface area (Å²) < 4.78 is 0. The molecule has 0 bridgehead atoms. The standard InChI is InChI=1S/C45H48N6O4/c52-37-11-13-39-32(26-37)3-1-5-38(33-4-2-18-46-27-33)43(39)31-6-8-35(9-7-31)49-19-16-30(17-20-49)28-48-21-23-50(24-22-48)36-10-12-40-34(25-36)29-51(45(40)55)41-14-15-42(53)47-44(41)54/h2,4,6-13,18,25-27,30,41,52H,1,3,5,14-17,19-24,28-29H2,(H,47,53,54). The summed E-state index contributed by atoms with van der Waals surface area (Å²) in [6.45, 7) is 7.56. The van der Waals surface area contributed by atoms with E-state index in [0.29, 0.717) is 30.2 Å². The zero-order valence-corrected chi connectivity index (χ0v) is 31.3. The van der Waals surface area contributed by atoms with Gasteiger partial charge in [0, 0.05) is 88.1 Å². The van der Waals surface area contributed by atoms with E-state index in [4.69, 9.17) is 0 Å². The third-order valence-electron chi connectivity index (χ3n) is 12.4. The molecule has 3 aromatic carbocycles. The Labute approximate surface area is 322 Å². The molecule has 5 aliphatic rings. The molecule has 3 fully saturated rings. The van der Waals surface area contributed by atoms with Crippen molar-refractivity contribution < 1.29 is 19.5 Å². The van der Waals surface area contributed by atoms with E-state index in [-0.39, 0.29) is 24.1 Å². The number of hydrogen-bond donors (Lipinski definition) is 2. The fourth-order valence-electron chi connectivity index (χ4n) is 9.46. The van der Waals surface area contributed by atoms with Crippen molar-refractivity contribution in [3.8, 4) is 5.75 Å². The van der Waals surface area contributed by atoms with Crippen LogP contribution >= 0.6 is 0 Å². The molecule has 1 aromatic heterocycles. The van der Waals surface area contributed by atoms with Crippen LogP contribution in [0.3, 0.4) is 0 Å². The molecule has 0 radical (unpaired) electrons. The van der Waals surface area contributed by atoms with Crippen molar-refractivity contribution in [1.29, 1.82) is 0 Å². The van der Waals surface area contributed by atoms with Crippen molar-refractivity contribution in [3.63, 3.8) is 0 Å². The van der Waals surface area contributed by atoms with Crippen molar-refractivity contribution in [3.05, 3.63) is 119 Å². The first-order valence-electron chi connectivity index (χ1n) is 19.9. The number of nitrogens with zero attached hydrogens (tertiary/aromatic N) is 5. The summed E-state index contributed by atoms with van der Waals surface area (Å²) in [5, 5.41) is 12.7. The Kier molecular flexibility index (Phi) is 9.60. The lowest BCUT2D eigenvalue weighted by molar-refractivity contribution is -0.136. The molecule has 0 saturated carbocycles. The fourth-order valence-corrected chi connectivity index (χ4v) is 9.46. The molecule has 10 heteroatoms. The smallest absolute Gasteiger partial charge is 0.255 e. The highest BCUT2D eigenvalue weighted by molar-refractivity contribution is 6.05. The first-order chi connectivity index (χ1) is 26.9. The largest absolute Gasteiger partial charge is 0.508 e. The number of fused-ring (bicyclic) bond motifs is 2. The number of pyridine rings is 1. The first kappa shape index (κ1) is 35.2. The highest BCUT2D eigenvalue weighted by atomic mass is 16.3. The summed E-state index contributed by atoms with van der Waals surface area (Å²) in [4.78, 5) is 50.9. The molecule has 4 aromatic rings. The van der Waals surface area contributed by atoms with E-state index >= 15 is 0 Å². The molecule has 3 amide bonds. The molecule has 9 rings (SSSR count). The van der Waals surface area contributed by atoms with Gasteiger partial charge in [0.15, 0.2) is 0 Å². The molecule has 5 heterocycles. The molecule has 0 spiro atoms. The van der Waals surface area contributed by atoms with Crippen molar-refractivity contribution in [2.75, 3.05) is 55.6 Å². The number of amides is 3. The summed E-state index contributed by atoms with van der Waals surface area (Å²) in [6.07, 6.45) is 9.72. The van der Waals surface area contributed by atoms with Crippen LogP contribution in [0, 0.1) is 5.92 Å². The second-order valence-corrected chi connectivity index (χ2v) is 15.8. The Morgan fingerprint density at radius 2 is 1.49 bits per heavy atom. The van der Waals surface area contributed by atoms with Crippen LogP contribution < -0.4 is 15.1 Å². The number of imide groups is 1. The van der Waals surface area contributed by atoms with E-state index in [9.17, 15) is 19.5 Å². The van der Waals surface area contributed by atoms with Gasteiger partial charge in [-0.3, -0.25) is 29.6 Å². The number of carbonyl (C=O) groups excluding carboxylic acids is 3. The lowest BCUT2D eigenvalue weighted by atomic mass is 9.88. The lowest BCUT2D eigenvalue weighted by Gasteiger charge is -2.40. The number of piperidine rings is 2. The number of aromatic hydroxyl groups is 1. The Morgan fingerprint density at radius 3 is 2.25 bits per heavy atom. The molecule has 10 nitrogen and oxygen atoms in total. The molecule has 2 N–H and O–H groups in total. The maximum absolute atomic E-state index is 13.2. The quantitative estimate of drug-likeness (QED) is 0.227. The van der Waals surface area contributed by atoms with Gasteiger partial charge in [0.1, 0.15) is 11.8 Å². The SMILES string of the molecule is O=C1CCC(N2Cc3cc(N4CCN(CC5CCN(c6ccc(C7=C(c8cccnc8)CCCc8cc(O)ccc87)cc6)CC5)CC4)ccc3C2=O)C(=O)N1. The average molecular weight is 737 g/mol. The minimum Gasteiger partial charge on any atom is -0.508 e. The number of hydrogen-bond acceptors (Lipinski definition) is 8. The predicted molar refractivity (Wildman–Crippen MR) is 214 cm³/mol. The fraction of sp³-hybridized carbons (Fsp3) is 0.378. The zero-order valence-electron chi connectivity index (χ0n) is 31.3. The number of anilines is 2. The van der Waals surface area contributed by atoms with Crippen LogP contribution in [0.25, 0.3) is 11.1 Å². The minimum absolute atomic E-state index is 0.125. The van der Waals surface area contributed by atoms with Gasteiger partial charge in [-0.1, -0.05) is 24.3 Å². The first-order valence-corrected chi connectivity index (χ1v) is 19.9. The van der Waals surface area contributed by atoms with Gasteiger partial charge in [0.25, 0.3) is 5.91 Å². The predicted octanol–water partition coefficient (Wildman–Crippen LogP) is 5.88. The molecule has 282 valence electrons. The second kappa shape index (κ2) is 15.0. The number of nitrogens with one attached hydrogen (secondary N) is 1. The average Bonchev–Trinajstić information content (AvgIpc) is 3.41. The molecular formula is C45H48N6O4. The number of phenols is 1. The van der Waals surface area contributed by atoms with Crippen LogP contribution in [0.1, 0.15) is 76.7 Å². The number of rotatable bonds is 7. The zero-order chi connectivity index (χ0) is 37.5. The van der Waals surface area contributed by atoms with Crippen molar-refractivity contribution >= 4 is 40.2 Å². The molecule has 1 unspecified atom stereocenters. The molecule has 3 saturated heterocycles. The van der Waals surface area contributed by atoms with E-state index in [2.05, 4.69) is 67.5 Å². The molecule has 55 heavy (non-hydrogen) atoms. The topological polar surface area (TPSA) is 109 Å². The van der Waals surface area contributed by atoms with Gasteiger partial charge in [-0.15, -0.1) is 0 Å². The third kappa shape index (κ3) is 7.11. The van der Waals surface area contributed by atoms with E-state index in [1.165, 1.54) is 46.4 Å². The Hall–Kier alpha value is -5.48. The molecule has 1 aliphatic carbocycles. The van der Waals surface area contributed by atoms with E-state index in [1.807, 2.05) is 42.7 Å². The van der Waals surface area contributed by atoms with Gasteiger partial charge in [-0.05, 0) is 132 Å². The Bertz CT molecular complexity index is 2130. The number of piperazine rings is 1. The van der Waals surface area contributed by atoms with E-state index < -0.39 is 6.04 Å². The summed E-state index contributed by atoms with van der Waals surface area (Å²) in [6, 6.07) is 24.6. The van der Waals surface area contributed by atoms with Crippen LogP contribution in [0.2, 0.25) is 0 Å². The second-order valence-electron chi connectivity index (χ2n) is 15.8. The molecule has 1 atom stereocenters. The van der Waals surface area contributed by atoms with Crippen LogP contribution in [-0.4, -0.2) is 89.5 Å². The van der Waals surface area contributed by atoms with Gasteiger partial charge in [0.2, 0.25) is 11.8 Å². The maximum atomic E-state index is 13.2. The maximum Gasteiger partial charge on any atom is 0.255 e. The number of allylic oxidation sites excluding steroid dienone is 1. The van der Waals surface area contributed by atoms with Crippen molar-refractivity contribution in [2.24, 2.45) is 5.92 Å². The lowest BCUT2D eigenvalue weighted by Crippen LogP contribution is -2.52. The normalized spacial score (nSPS) is 21.1. The molecule has 4 aliphatic heterocycles. The number of phenolic OH excluding ortho intramolecular Hbond substituents is 1. The van der Waals surface area contributed by atoms with Gasteiger partial charge in [0.05, 0.1) is 0 Å². The Morgan fingerprint density at radius 1 is 0.727 bits per heavy atom. The van der Waals surface area contributed by atoms with Crippen molar-refractivity contribution in [2.45, 2.75) is 57.5 Å². The Balaban J connectivity index is 0.798. The number of aromatic nitrogens is 1. The van der Waals surface area contributed by atoms with Crippen LogP contribution in [0.4, 0.5) is 11.4 Å². The van der Waals surface area contributed by atoms with Crippen LogP contribution in [-0.2, 0) is 22.6 Å². The molecular weight excluding hydrogens is 689 g/mol. The van der Waals surface area contributed by atoms with E-state index in [1.54, 1.807) is 4.90 Å². The summed E-state index contributed by atoms with van der Waals surface area (Å²) in [7, 11) is 0. The highest BCUT2D eigenvalue weighted by Crippen LogP contribution is 2.41. The minimum atomic E-state index is -0.589. The number of aryl methyl sites for hydroxylation is 1. The summed E-state index contributed by atoms with van der Waals surface area (Å²) in [5.41, 5.74) is 11.3. The van der Waals surface area contributed by atoms with Gasteiger partial charge >= 0.3 is 0 Å². The van der Waals surface area contributed by atoms with E-state index in [0.717, 1.165) is 81.9 Å². The van der Waals surface area contributed by atoms with Gasteiger partial charge in [-0.25, -0.2) is 0 Å². The number of carbonyl (C=O) groups is 3. The van der Waals surface area contributed by atoms with Crippen LogP contribution in [0.15, 0.2) is 85.2 Å². The third-order valence-corrected chi connectivity index (χ3v) is 12.4. The highest BCUT2D eigenvalue weighted by Gasteiger charge is 2.39. The monoisotopic (exact) mass is 736 g/mol. The van der Waals surface area contributed by atoms with Gasteiger partial charge < -0.3 is 19.8 Å². The van der Waals surface area contributed by atoms with Crippen LogP contribution in [0.5, 0.6) is 5.75 Å². The van der Waals surface area contributed by atoms with Gasteiger partial charge in [-0.2, -0.15) is 0 Å².